The Kier molecular flexibility index (Phi) is 6.09. The molecule has 3 aromatic rings. The van der Waals surface area contributed by atoms with Crippen molar-refractivity contribution in [3.8, 4) is 16.2 Å². The first-order chi connectivity index (χ1) is 14.2. The number of carboxylic acid groups (broad SMARTS) is 2. The largest absolute Gasteiger partial charge is 0.480 e. The molecular formula is C20H17NO7S2. The van der Waals surface area contributed by atoms with Crippen LogP contribution < -0.4 is 9.46 Å². The second kappa shape index (κ2) is 8.56. The van der Waals surface area contributed by atoms with Crippen LogP contribution in [-0.4, -0.2) is 37.2 Å². The molecule has 0 saturated heterocycles. The van der Waals surface area contributed by atoms with Crippen molar-refractivity contribution in [2.75, 3.05) is 11.3 Å². The van der Waals surface area contributed by atoms with Gasteiger partial charge in [-0.1, -0.05) is 36.4 Å². The van der Waals surface area contributed by atoms with E-state index in [0.29, 0.717) is 16.0 Å². The lowest BCUT2D eigenvalue weighted by Crippen LogP contribution is -2.13. The number of rotatable bonds is 8. The lowest BCUT2D eigenvalue weighted by Gasteiger charge is -2.12. The zero-order chi connectivity index (χ0) is 21.9. The molecule has 1 heterocycles. The summed E-state index contributed by atoms with van der Waals surface area (Å²) in [6.45, 7) is 0.900. The molecule has 0 amide bonds. The van der Waals surface area contributed by atoms with Crippen LogP contribution in [0.4, 0.5) is 5.69 Å². The summed E-state index contributed by atoms with van der Waals surface area (Å²) in [5, 5.41) is 18.3. The van der Waals surface area contributed by atoms with E-state index >= 15 is 0 Å². The summed E-state index contributed by atoms with van der Waals surface area (Å²) < 4.78 is 33.2. The molecular weight excluding hydrogens is 430 g/mol. The second-order valence-electron chi connectivity index (χ2n) is 6.17. The van der Waals surface area contributed by atoms with Gasteiger partial charge < -0.3 is 14.9 Å². The molecule has 0 spiro atoms. The molecule has 3 rings (SSSR count). The van der Waals surface area contributed by atoms with E-state index in [2.05, 4.69) is 4.72 Å². The van der Waals surface area contributed by atoms with Gasteiger partial charge in [0.05, 0.1) is 10.6 Å². The second-order valence-corrected chi connectivity index (χ2v) is 8.87. The minimum Gasteiger partial charge on any atom is -0.480 e. The number of thiophene rings is 1. The molecule has 2 aromatic carbocycles. The van der Waals surface area contributed by atoms with Gasteiger partial charge in [0, 0.05) is 16.0 Å². The number of ether oxygens (including phenoxy) is 1. The van der Waals surface area contributed by atoms with Gasteiger partial charge in [0.1, 0.15) is 5.75 Å². The Labute approximate surface area is 176 Å². The fourth-order valence-electron chi connectivity index (χ4n) is 2.78. The highest BCUT2D eigenvalue weighted by molar-refractivity contribution is 7.92. The Morgan fingerprint density at radius 2 is 1.67 bits per heavy atom. The van der Waals surface area contributed by atoms with Crippen LogP contribution in [0.2, 0.25) is 0 Å². The minimum absolute atomic E-state index is 0.0504. The fourth-order valence-corrected chi connectivity index (χ4v) is 5.01. The summed E-state index contributed by atoms with van der Waals surface area (Å²) in [6, 6.07) is 14.4. The number of sulfonamides is 1. The van der Waals surface area contributed by atoms with Gasteiger partial charge >= 0.3 is 11.9 Å². The van der Waals surface area contributed by atoms with Crippen LogP contribution in [0.1, 0.15) is 15.2 Å². The molecule has 3 N–H and O–H groups in total. The van der Waals surface area contributed by atoms with Gasteiger partial charge in [-0.2, -0.15) is 0 Å². The number of aliphatic carboxylic acids is 1. The number of benzene rings is 2. The van der Waals surface area contributed by atoms with Crippen LogP contribution in [0.3, 0.4) is 0 Å². The summed E-state index contributed by atoms with van der Waals surface area (Å²) >= 11 is 0.883. The maximum atomic E-state index is 12.7. The van der Waals surface area contributed by atoms with Crippen LogP contribution in [0.5, 0.6) is 5.75 Å². The van der Waals surface area contributed by atoms with Crippen LogP contribution >= 0.6 is 11.3 Å². The van der Waals surface area contributed by atoms with Crippen molar-refractivity contribution in [3.63, 3.8) is 0 Å². The van der Waals surface area contributed by atoms with Crippen LogP contribution in [0.25, 0.3) is 10.4 Å². The third-order valence-corrected chi connectivity index (χ3v) is 6.77. The lowest BCUT2D eigenvalue weighted by molar-refractivity contribution is -0.139. The van der Waals surface area contributed by atoms with Gasteiger partial charge in [0.25, 0.3) is 10.0 Å². The van der Waals surface area contributed by atoms with Crippen molar-refractivity contribution >= 4 is 39.0 Å². The number of hydrogen-bond donors (Lipinski definition) is 3. The number of carbonyl (C=O) groups is 2. The Morgan fingerprint density at radius 1 is 1.03 bits per heavy atom. The van der Waals surface area contributed by atoms with E-state index < -0.39 is 28.6 Å². The van der Waals surface area contributed by atoms with E-state index in [9.17, 15) is 23.1 Å². The number of carboxylic acids is 2. The van der Waals surface area contributed by atoms with Gasteiger partial charge in [-0.05, 0) is 25.1 Å². The average Bonchev–Trinajstić information content (AvgIpc) is 3.03. The van der Waals surface area contributed by atoms with Crippen LogP contribution in [0.15, 0.2) is 59.5 Å². The highest BCUT2D eigenvalue weighted by Gasteiger charge is 2.25. The zero-order valence-corrected chi connectivity index (χ0v) is 17.3. The number of aromatic carboxylic acids is 1. The molecule has 0 aliphatic carbocycles. The highest BCUT2D eigenvalue weighted by atomic mass is 32.2. The maximum Gasteiger partial charge on any atom is 0.349 e. The lowest BCUT2D eigenvalue weighted by atomic mass is 10.1. The molecule has 30 heavy (non-hydrogen) atoms. The van der Waals surface area contributed by atoms with Gasteiger partial charge in [0.15, 0.2) is 11.5 Å². The molecule has 8 nitrogen and oxygen atoms in total. The van der Waals surface area contributed by atoms with Crippen LogP contribution in [0, 0.1) is 6.92 Å². The number of nitrogens with one attached hydrogen (secondary N) is 1. The standard InChI is InChI=1S/C20H17NO7S2/c1-12-17(28-11-16(22)23)19(20(24)25)29-18(12)14-9-5-6-10-15(14)21-30(26,27)13-7-3-2-4-8-13/h2-10,21H,11H2,1H3,(H,22,23)(H,24,25). The van der Waals surface area contributed by atoms with Crippen molar-refractivity contribution in [1.29, 1.82) is 0 Å². The number of anilines is 1. The van der Waals surface area contributed by atoms with Crippen molar-refractivity contribution in [3.05, 3.63) is 65.0 Å². The predicted octanol–water partition coefficient (Wildman–Crippen LogP) is 3.69. The molecule has 0 unspecified atom stereocenters. The van der Waals surface area contributed by atoms with E-state index in [4.69, 9.17) is 9.84 Å². The smallest absolute Gasteiger partial charge is 0.349 e. The molecule has 0 radical (unpaired) electrons. The van der Waals surface area contributed by atoms with E-state index in [0.717, 1.165) is 11.3 Å². The summed E-state index contributed by atoms with van der Waals surface area (Å²) in [4.78, 5) is 22.9. The normalized spacial score (nSPS) is 11.1. The molecule has 10 heteroatoms. The predicted molar refractivity (Wildman–Crippen MR) is 112 cm³/mol. The van der Waals surface area contributed by atoms with Crippen molar-refractivity contribution < 1.29 is 33.0 Å². The number of hydrogen-bond acceptors (Lipinski definition) is 6. The molecule has 0 aliphatic heterocycles. The van der Waals surface area contributed by atoms with E-state index in [1.807, 2.05) is 0 Å². The summed E-state index contributed by atoms with van der Waals surface area (Å²) in [5.74, 6) is -2.56. The van der Waals surface area contributed by atoms with E-state index in [1.54, 1.807) is 49.4 Å². The first-order valence-corrected chi connectivity index (χ1v) is 10.9. The van der Waals surface area contributed by atoms with E-state index in [-0.39, 0.29) is 21.2 Å². The summed E-state index contributed by atoms with van der Waals surface area (Å²) in [6.07, 6.45) is 0. The molecule has 1 aromatic heterocycles. The maximum absolute atomic E-state index is 12.7. The van der Waals surface area contributed by atoms with Gasteiger partial charge in [-0.3, -0.25) is 4.72 Å². The Morgan fingerprint density at radius 3 is 2.30 bits per heavy atom. The first-order valence-electron chi connectivity index (χ1n) is 8.59. The van der Waals surface area contributed by atoms with Crippen molar-refractivity contribution in [2.45, 2.75) is 11.8 Å². The quantitative estimate of drug-likeness (QED) is 0.480. The van der Waals surface area contributed by atoms with Crippen molar-refractivity contribution in [1.82, 2.24) is 0 Å². The molecule has 0 atom stereocenters. The van der Waals surface area contributed by atoms with Crippen LogP contribution in [-0.2, 0) is 14.8 Å². The van der Waals surface area contributed by atoms with Gasteiger partial charge in [-0.15, -0.1) is 11.3 Å². The van der Waals surface area contributed by atoms with Gasteiger partial charge in [-0.25, -0.2) is 18.0 Å². The Bertz CT molecular complexity index is 1200. The Hall–Kier alpha value is -3.37. The minimum atomic E-state index is -3.87. The molecule has 0 aliphatic rings. The molecule has 156 valence electrons. The number of para-hydroxylation sites is 1. The molecule has 0 saturated carbocycles. The van der Waals surface area contributed by atoms with E-state index in [1.165, 1.54) is 12.1 Å². The first kappa shape index (κ1) is 21.3. The topological polar surface area (TPSA) is 130 Å². The third-order valence-electron chi connectivity index (χ3n) is 4.10. The van der Waals surface area contributed by atoms with Gasteiger partial charge in [0.2, 0.25) is 0 Å². The fraction of sp³-hybridized carbons (Fsp3) is 0.100. The Balaban J connectivity index is 2.07. The zero-order valence-electron chi connectivity index (χ0n) is 15.7. The SMILES string of the molecule is Cc1c(-c2ccccc2NS(=O)(=O)c2ccccc2)sc(C(=O)O)c1OCC(=O)O. The molecule has 0 fully saturated rings. The van der Waals surface area contributed by atoms with Crippen molar-refractivity contribution in [2.24, 2.45) is 0 Å². The third kappa shape index (κ3) is 4.44. The highest BCUT2D eigenvalue weighted by Crippen LogP contribution is 2.44. The average molecular weight is 447 g/mol. The monoisotopic (exact) mass is 447 g/mol. The summed E-state index contributed by atoms with van der Waals surface area (Å²) in [5.41, 5.74) is 1.12. The molecule has 0 bridgehead atoms. The summed E-state index contributed by atoms with van der Waals surface area (Å²) in [7, 11) is -3.87.